The van der Waals surface area contributed by atoms with Gasteiger partial charge in [-0.1, -0.05) is 18.1 Å². The molecule has 0 unspecified atom stereocenters. The van der Waals surface area contributed by atoms with Gasteiger partial charge >= 0.3 is 0 Å². The van der Waals surface area contributed by atoms with E-state index in [9.17, 15) is 0 Å². The zero-order valence-corrected chi connectivity index (χ0v) is 4.89. The Kier molecular flexibility index (Phi) is 1.42. The highest BCUT2D eigenvalue weighted by atomic mass is 14.5. The number of nitrogens with two attached hydrogens (primary N) is 1. The molecule has 0 amide bonds. The first-order chi connectivity index (χ1) is 4.34. The fourth-order valence-electron chi connectivity index (χ4n) is 0.611. The Bertz CT molecular complexity index is 245. The zero-order chi connectivity index (χ0) is 6.69. The average Bonchev–Trinajstić information content (AvgIpc) is 1.89. The molecule has 0 spiro atoms. The van der Waals surface area contributed by atoms with Crippen LogP contribution in [0.3, 0.4) is 0 Å². The predicted molar refractivity (Wildman–Crippen MR) is 37.1 cm³/mol. The van der Waals surface area contributed by atoms with Crippen LogP contribution in [0, 0.1) is 12.3 Å². The van der Waals surface area contributed by atoms with Crippen LogP contribution in [0.5, 0.6) is 0 Å². The first kappa shape index (κ1) is 5.71. The summed E-state index contributed by atoms with van der Waals surface area (Å²) in [6.07, 6.45) is 6.75. The standard InChI is InChI=1S/C8H6N/c1-2-7-5-3-4-6-8(7)9/h3-6H,9H2. The van der Waals surface area contributed by atoms with Gasteiger partial charge in [0.25, 0.3) is 0 Å². The molecule has 0 atom stereocenters. The number of hydrogen-bond donors (Lipinski definition) is 1. The second-order valence-electron chi connectivity index (χ2n) is 1.71. The summed E-state index contributed by atoms with van der Waals surface area (Å²) in [6, 6.07) is 7.16. The van der Waals surface area contributed by atoms with Gasteiger partial charge in [0, 0.05) is 11.3 Å². The van der Waals surface area contributed by atoms with Gasteiger partial charge in [0.05, 0.1) is 0 Å². The van der Waals surface area contributed by atoms with Gasteiger partial charge in [0.1, 0.15) is 0 Å². The lowest BCUT2D eigenvalue weighted by molar-refractivity contribution is 1.63. The van der Waals surface area contributed by atoms with Crippen molar-refractivity contribution in [3.8, 4) is 5.92 Å². The molecule has 0 aliphatic heterocycles. The topological polar surface area (TPSA) is 26.0 Å². The molecular weight excluding hydrogens is 110 g/mol. The van der Waals surface area contributed by atoms with Crippen molar-refractivity contribution in [3.05, 3.63) is 36.3 Å². The molecule has 1 heteroatoms. The lowest BCUT2D eigenvalue weighted by atomic mass is 10.2. The summed E-state index contributed by atoms with van der Waals surface area (Å²) in [5.41, 5.74) is 6.70. The third-order valence-corrected chi connectivity index (χ3v) is 1.10. The maximum atomic E-state index is 6.75. The number of benzene rings is 1. The van der Waals surface area contributed by atoms with Crippen molar-refractivity contribution in [3.63, 3.8) is 0 Å². The van der Waals surface area contributed by atoms with Gasteiger partial charge in [0.15, 0.2) is 0 Å². The van der Waals surface area contributed by atoms with E-state index in [0.29, 0.717) is 11.3 Å². The van der Waals surface area contributed by atoms with E-state index in [4.69, 9.17) is 12.2 Å². The third-order valence-electron chi connectivity index (χ3n) is 1.10. The summed E-state index contributed by atoms with van der Waals surface area (Å²) in [4.78, 5) is 0. The molecule has 0 bridgehead atoms. The molecule has 1 rings (SSSR count). The van der Waals surface area contributed by atoms with Crippen LogP contribution < -0.4 is 5.73 Å². The van der Waals surface area contributed by atoms with Crippen molar-refractivity contribution in [1.29, 1.82) is 0 Å². The highest BCUT2D eigenvalue weighted by Crippen LogP contribution is 2.07. The quantitative estimate of drug-likeness (QED) is 0.400. The van der Waals surface area contributed by atoms with Gasteiger partial charge in [0.2, 0.25) is 0 Å². The Morgan fingerprint density at radius 3 is 2.44 bits per heavy atom. The van der Waals surface area contributed by atoms with Gasteiger partial charge in [-0.15, -0.1) is 0 Å². The molecule has 0 saturated heterocycles. The molecule has 0 fully saturated rings. The summed E-state index contributed by atoms with van der Waals surface area (Å²) in [5, 5.41) is 0. The van der Waals surface area contributed by atoms with Crippen LogP contribution in [0.4, 0.5) is 5.69 Å². The monoisotopic (exact) mass is 116 g/mol. The van der Waals surface area contributed by atoms with Crippen LogP contribution in [0.15, 0.2) is 24.3 Å². The number of rotatable bonds is 0. The second-order valence-corrected chi connectivity index (χ2v) is 1.71. The lowest BCUT2D eigenvalue weighted by Gasteiger charge is -1.92. The van der Waals surface area contributed by atoms with E-state index in [1.54, 1.807) is 12.1 Å². The van der Waals surface area contributed by atoms with Gasteiger partial charge in [-0.05, 0) is 18.6 Å². The highest BCUT2D eigenvalue weighted by Gasteiger charge is 1.88. The molecule has 1 nitrogen and oxygen atoms in total. The van der Waals surface area contributed by atoms with Crippen molar-refractivity contribution in [2.24, 2.45) is 0 Å². The SMILES string of the molecule is [C]#Cc1ccccc1N. The molecule has 1 radical (unpaired) electrons. The number of nitrogen functional groups attached to an aromatic ring is 1. The molecule has 2 N–H and O–H groups in total. The summed E-state index contributed by atoms with van der Waals surface area (Å²) in [6.45, 7) is 0. The van der Waals surface area contributed by atoms with Gasteiger partial charge in [-0.2, -0.15) is 0 Å². The minimum Gasteiger partial charge on any atom is -0.398 e. The fraction of sp³-hybridized carbons (Fsp3) is 0. The molecule has 0 aromatic heterocycles. The normalized spacial score (nSPS) is 8.33. The fourth-order valence-corrected chi connectivity index (χ4v) is 0.611. The third kappa shape index (κ3) is 1.03. The van der Waals surface area contributed by atoms with E-state index in [1.807, 2.05) is 12.1 Å². The Labute approximate surface area is 54.5 Å². The minimum atomic E-state index is 0.604. The lowest BCUT2D eigenvalue weighted by Crippen LogP contribution is -1.87. The van der Waals surface area contributed by atoms with Crippen molar-refractivity contribution < 1.29 is 0 Å². The predicted octanol–water partition coefficient (Wildman–Crippen LogP) is 1.21. The van der Waals surface area contributed by atoms with E-state index in [0.717, 1.165) is 0 Å². The van der Waals surface area contributed by atoms with E-state index >= 15 is 0 Å². The largest absolute Gasteiger partial charge is 0.398 e. The van der Waals surface area contributed by atoms with Crippen LogP contribution in [0.25, 0.3) is 0 Å². The number of anilines is 1. The number of para-hydroxylation sites is 1. The molecule has 1 aromatic rings. The van der Waals surface area contributed by atoms with E-state index < -0.39 is 0 Å². The van der Waals surface area contributed by atoms with Crippen LogP contribution in [0.1, 0.15) is 5.56 Å². The van der Waals surface area contributed by atoms with Crippen LogP contribution in [0.2, 0.25) is 0 Å². The van der Waals surface area contributed by atoms with E-state index in [1.165, 1.54) is 0 Å². The van der Waals surface area contributed by atoms with Crippen molar-refractivity contribution in [2.75, 3.05) is 5.73 Å². The van der Waals surface area contributed by atoms with Crippen LogP contribution in [-0.2, 0) is 0 Å². The van der Waals surface area contributed by atoms with Crippen LogP contribution >= 0.6 is 0 Å². The Morgan fingerprint density at radius 1 is 1.33 bits per heavy atom. The molecule has 0 aliphatic rings. The first-order valence-corrected chi connectivity index (χ1v) is 2.62. The maximum absolute atomic E-state index is 6.75. The Balaban J connectivity index is 3.20. The molecule has 0 heterocycles. The van der Waals surface area contributed by atoms with Crippen molar-refractivity contribution >= 4 is 5.69 Å². The van der Waals surface area contributed by atoms with Gasteiger partial charge in [-0.3, -0.25) is 0 Å². The van der Waals surface area contributed by atoms with Gasteiger partial charge in [-0.25, -0.2) is 0 Å². The maximum Gasteiger partial charge on any atom is 0.0485 e. The zero-order valence-electron chi connectivity index (χ0n) is 4.89. The van der Waals surface area contributed by atoms with Crippen LogP contribution in [-0.4, -0.2) is 0 Å². The second kappa shape index (κ2) is 2.23. The Morgan fingerprint density at radius 2 is 2.00 bits per heavy atom. The van der Waals surface area contributed by atoms with Crippen molar-refractivity contribution in [1.82, 2.24) is 0 Å². The Hall–Kier alpha value is -1.42. The molecular formula is C8H6N. The molecule has 0 saturated carbocycles. The first-order valence-electron chi connectivity index (χ1n) is 2.62. The van der Waals surface area contributed by atoms with E-state index in [2.05, 4.69) is 5.92 Å². The van der Waals surface area contributed by atoms with E-state index in [-0.39, 0.29) is 0 Å². The highest BCUT2D eigenvalue weighted by molar-refractivity contribution is 5.53. The molecule has 9 heavy (non-hydrogen) atoms. The number of hydrogen-bond acceptors (Lipinski definition) is 1. The molecule has 1 aromatic carbocycles. The molecule has 43 valence electrons. The smallest absolute Gasteiger partial charge is 0.0485 e. The van der Waals surface area contributed by atoms with Gasteiger partial charge < -0.3 is 5.73 Å². The summed E-state index contributed by atoms with van der Waals surface area (Å²) < 4.78 is 0. The average molecular weight is 116 g/mol. The van der Waals surface area contributed by atoms with Crippen molar-refractivity contribution in [2.45, 2.75) is 0 Å². The molecule has 0 aliphatic carbocycles. The summed E-state index contributed by atoms with van der Waals surface area (Å²) in [5.74, 6) is 2.22. The minimum absolute atomic E-state index is 0.604. The summed E-state index contributed by atoms with van der Waals surface area (Å²) >= 11 is 0. The summed E-state index contributed by atoms with van der Waals surface area (Å²) in [7, 11) is 0.